The quantitative estimate of drug-likeness (QED) is 0.847. The van der Waals surface area contributed by atoms with E-state index in [9.17, 15) is 0 Å². The van der Waals surface area contributed by atoms with Gasteiger partial charge in [0.15, 0.2) is 0 Å². The summed E-state index contributed by atoms with van der Waals surface area (Å²) in [7, 11) is 0. The fourth-order valence-corrected chi connectivity index (χ4v) is 2.04. The van der Waals surface area contributed by atoms with Crippen LogP contribution in [0.1, 0.15) is 38.7 Å². The fourth-order valence-electron chi connectivity index (χ4n) is 1.46. The van der Waals surface area contributed by atoms with Crippen molar-refractivity contribution in [2.24, 2.45) is 5.92 Å². The van der Waals surface area contributed by atoms with E-state index in [4.69, 9.17) is 12.2 Å². The number of hydrogen-bond acceptors (Lipinski definition) is 2. The monoisotopic (exact) mass is 288 g/mol. The van der Waals surface area contributed by atoms with E-state index >= 15 is 0 Å². The molecule has 0 spiro atoms. The van der Waals surface area contributed by atoms with Crippen molar-refractivity contribution in [3.8, 4) is 0 Å². The second-order valence-electron chi connectivity index (χ2n) is 4.13. The molecule has 0 amide bonds. The molecule has 1 N–H and O–H groups in total. The highest BCUT2D eigenvalue weighted by Gasteiger charge is 2.07. The predicted octanol–water partition coefficient (Wildman–Crippen LogP) is 4.05. The molecule has 0 aliphatic heterocycles. The van der Waals surface area contributed by atoms with Gasteiger partial charge in [-0.3, -0.25) is 0 Å². The average molecular weight is 289 g/mol. The first-order valence-corrected chi connectivity index (χ1v) is 6.52. The summed E-state index contributed by atoms with van der Waals surface area (Å²) >= 11 is 8.71. The van der Waals surface area contributed by atoms with Gasteiger partial charge < -0.3 is 4.98 Å². The highest BCUT2D eigenvalue weighted by Crippen LogP contribution is 2.19. The average Bonchev–Trinajstić information content (AvgIpc) is 2.13. The lowest BCUT2D eigenvalue weighted by Crippen LogP contribution is -2.04. The van der Waals surface area contributed by atoms with E-state index in [0.29, 0.717) is 10.6 Å². The van der Waals surface area contributed by atoms with Crippen LogP contribution in [-0.4, -0.2) is 9.97 Å². The summed E-state index contributed by atoms with van der Waals surface area (Å²) in [6, 6.07) is 0. The molecule has 0 saturated carbocycles. The van der Waals surface area contributed by atoms with E-state index in [1.54, 1.807) is 0 Å². The number of nitrogens with zero attached hydrogens (tertiary/aromatic N) is 1. The van der Waals surface area contributed by atoms with Gasteiger partial charge in [0.1, 0.15) is 10.5 Å². The molecule has 0 aromatic carbocycles. The normalized spacial score (nSPS) is 11.0. The highest BCUT2D eigenvalue weighted by atomic mass is 79.9. The van der Waals surface area contributed by atoms with Crippen molar-refractivity contribution in [2.45, 2.75) is 40.0 Å². The molecular formula is C11H17BrN2S. The predicted molar refractivity (Wildman–Crippen MR) is 69.7 cm³/mol. The Balaban J connectivity index is 3.07. The van der Waals surface area contributed by atoms with E-state index in [1.807, 2.05) is 0 Å². The van der Waals surface area contributed by atoms with Crippen molar-refractivity contribution in [2.75, 3.05) is 0 Å². The van der Waals surface area contributed by atoms with Crippen LogP contribution in [0.15, 0.2) is 4.47 Å². The number of halogens is 1. The molecule has 1 rings (SSSR count). The van der Waals surface area contributed by atoms with Gasteiger partial charge in [-0.15, -0.1) is 0 Å². The Bertz CT molecular complexity index is 385. The molecule has 84 valence electrons. The molecule has 0 saturated heterocycles. The maximum atomic E-state index is 5.22. The zero-order valence-electron chi connectivity index (χ0n) is 9.43. The number of rotatable bonds is 4. The van der Waals surface area contributed by atoms with Gasteiger partial charge in [0.25, 0.3) is 0 Å². The van der Waals surface area contributed by atoms with Gasteiger partial charge in [0.05, 0.1) is 4.47 Å². The lowest BCUT2D eigenvalue weighted by Gasteiger charge is -2.09. The van der Waals surface area contributed by atoms with Gasteiger partial charge in [0, 0.05) is 12.1 Å². The van der Waals surface area contributed by atoms with E-state index in [0.717, 1.165) is 29.6 Å². The van der Waals surface area contributed by atoms with E-state index in [2.05, 4.69) is 46.7 Å². The minimum Gasteiger partial charge on any atom is -0.346 e. The van der Waals surface area contributed by atoms with Crippen LogP contribution in [0.25, 0.3) is 0 Å². The zero-order valence-corrected chi connectivity index (χ0v) is 11.8. The number of aromatic nitrogens is 2. The number of aromatic amines is 1. The van der Waals surface area contributed by atoms with Gasteiger partial charge in [0.2, 0.25) is 0 Å². The molecule has 4 heteroatoms. The minimum atomic E-state index is 0.615. The van der Waals surface area contributed by atoms with Crippen LogP contribution >= 0.6 is 28.1 Å². The molecule has 0 bridgehead atoms. The first kappa shape index (κ1) is 12.8. The highest BCUT2D eigenvalue weighted by molar-refractivity contribution is 9.10. The van der Waals surface area contributed by atoms with Crippen LogP contribution in [0.3, 0.4) is 0 Å². The third-order valence-corrected chi connectivity index (χ3v) is 3.50. The summed E-state index contributed by atoms with van der Waals surface area (Å²) in [4.78, 5) is 7.70. The standard InChI is InChI=1S/C11H17BrN2S/c1-4-5-9-13-8(6-7(2)3)10(12)11(15)14-9/h7H,4-6H2,1-3H3,(H,13,14,15). The molecule has 0 radical (unpaired) electrons. The Morgan fingerprint density at radius 2 is 2.13 bits per heavy atom. The summed E-state index contributed by atoms with van der Waals surface area (Å²) in [6.45, 7) is 6.54. The molecule has 1 heterocycles. The molecule has 0 aliphatic carbocycles. The van der Waals surface area contributed by atoms with Crippen LogP contribution in [0, 0.1) is 10.6 Å². The van der Waals surface area contributed by atoms with Crippen LogP contribution in [0.2, 0.25) is 0 Å². The van der Waals surface area contributed by atoms with Crippen molar-refractivity contribution in [1.82, 2.24) is 9.97 Å². The van der Waals surface area contributed by atoms with Crippen LogP contribution in [0.5, 0.6) is 0 Å². The van der Waals surface area contributed by atoms with Gasteiger partial charge >= 0.3 is 0 Å². The summed E-state index contributed by atoms with van der Waals surface area (Å²) in [6.07, 6.45) is 3.05. The van der Waals surface area contributed by atoms with E-state index < -0.39 is 0 Å². The van der Waals surface area contributed by atoms with Gasteiger partial charge in [-0.25, -0.2) is 4.98 Å². The van der Waals surface area contributed by atoms with Gasteiger partial charge in [-0.05, 0) is 34.7 Å². The van der Waals surface area contributed by atoms with E-state index in [-0.39, 0.29) is 0 Å². The molecule has 15 heavy (non-hydrogen) atoms. The zero-order chi connectivity index (χ0) is 11.4. The summed E-state index contributed by atoms with van der Waals surface area (Å²) in [5, 5.41) is 0. The van der Waals surface area contributed by atoms with Crippen molar-refractivity contribution in [3.05, 3.63) is 20.6 Å². The third-order valence-electron chi connectivity index (χ3n) is 2.08. The fraction of sp³-hybridized carbons (Fsp3) is 0.636. The number of nitrogens with one attached hydrogen (secondary N) is 1. The van der Waals surface area contributed by atoms with Gasteiger partial charge in [-0.2, -0.15) is 0 Å². The molecule has 1 aromatic heterocycles. The lowest BCUT2D eigenvalue weighted by atomic mass is 10.1. The van der Waals surface area contributed by atoms with Crippen molar-refractivity contribution < 1.29 is 0 Å². The summed E-state index contributed by atoms with van der Waals surface area (Å²) < 4.78 is 1.62. The molecule has 0 fully saturated rings. The SMILES string of the molecule is CCCc1nc(=S)c(Br)c(CC(C)C)[nH]1. The molecule has 0 aliphatic rings. The maximum absolute atomic E-state index is 5.22. The first-order valence-electron chi connectivity index (χ1n) is 5.32. The first-order chi connectivity index (χ1) is 7.04. The van der Waals surface area contributed by atoms with Gasteiger partial charge in [-0.1, -0.05) is 33.0 Å². The van der Waals surface area contributed by atoms with Crippen LogP contribution in [-0.2, 0) is 12.8 Å². The molecule has 0 unspecified atom stereocenters. The Hall–Kier alpha value is -0.220. The van der Waals surface area contributed by atoms with Crippen LogP contribution in [0.4, 0.5) is 0 Å². The molecule has 0 atom stereocenters. The Kier molecular flexibility index (Phi) is 4.93. The molecule has 2 nitrogen and oxygen atoms in total. The Morgan fingerprint density at radius 1 is 1.47 bits per heavy atom. The summed E-state index contributed by atoms with van der Waals surface area (Å²) in [5.41, 5.74) is 1.17. The molecule has 1 aromatic rings. The van der Waals surface area contributed by atoms with Crippen LogP contribution < -0.4 is 0 Å². The topological polar surface area (TPSA) is 28.7 Å². The smallest absolute Gasteiger partial charge is 0.144 e. The number of H-pyrrole nitrogens is 1. The maximum Gasteiger partial charge on any atom is 0.144 e. The number of aryl methyl sites for hydroxylation is 1. The largest absolute Gasteiger partial charge is 0.346 e. The lowest BCUT2D eigenvalue weighted by molar-refractivity contribution is 0.626. The Labute approximate surface area is 105 Å². The van der Waals surface area contributed by atoms with Crippen molar-refractivity contribution >= 4 is 28.1 Å². The number of hydrogen-bond donors (Lipinski definition) is 1. The molecular weight excluding hydrogens is 272 g/mol. The second kappa shape index (κ2) is 5.75. The van der Waals surface area contributed by atoms with Crippen molar-refractivity contribution in [1.29, 1.82) is 0 Å². The van der Waals surface area contributed by atoms with Crippen molar-refractivity contribution in [3.63, 3.8) is 0 Å². The third kappa shape index (κ3) is 3.68. The van der Waals surface area contributed by atoms with E-state index in [1.165, 1.54) is 5.69 Å². The second-order valence-corrected chi connectivity index (χ2v) is 5.31. The minimum absolute atomic E-state index is 0.615. The Morgan fingerprint density at radius 3 is 2.67 bits per heavy atom. The summed E-state index contributed by atoms with van der Waals surface area (Å²) in [5.74, 6) is 1.62.